The summed E-state index contributed by atoms with van der Waals surface area (Å²) in [6.07, 6.45) is 2.89. The lowest BCUT2D eigenvalue weighted by Gasteiger charge is -2.27. The van der Waals surface area contributed by atoms with E-state index in [0.717, 1.165) is 57.9 Å². The van der Waals surface area contributed by atoms with Crippen LogP contribution < -0.4 is 10.6 Å². The minimum atomic E-state index is -0.108. The van der Waals surface area contributed by atoms with Gasteiger partial charge in [-0.2, -0.15) is 4.98 Å². The van der Waals surface area contributed by atoms with Crippen molar-refractivity contribution in [3.63, 3.8) is 0 Å². The molecule has 1 amide bonds. The molecule has 0 unspecified atom stereocenters. The first-order valence-electron chi connectivity index (χ1n) is 8.98. The van der Waals surface area contributed by atoms with Crippen LogP contribution in [-0.2, 0) is 16.6 Å². The summed E-state index contributed by atoms with van der Waals surface area (Å²) in [7, 11) is 0. The van der Waals surface area contributed by atoms with Crippen molar-refractivity contribution < 1.29 is 9.32 Å². The lowest BCUT2D eigenvalue weighted by atomic mass is 9.96. The van der Waals surface area contributed by atoms with E-state index in [2.05, 4.69) is 46.4 Å². The molecule has 7 nitrogen and oxygen atoms in total. The van der Waals surface area contributed by atoms with Crippen molar-refractivity contribution in [2.24, 2.45) is 0 Å². The molecule has 0 aliphatic carbocycles. The predicted molar refractivity (Wildman–Crippen MR) is 100 cm³/mol. The molecule has 0 aromatic carbocycles. The van der Waals surface area contributed by atoms with E-state index >= 15 is 0 Å². The van der Waals surface area contributed by atoms with Crippen LogP contribution >= 0.6 is 12.4 Å². The number of rotatable bonds is 8. The fourth-order valence-electron chi connectivity index (χ4n) is 2.61. The Balaban J connectivity index is 0.00000312. The van der Waals surface area contributed by atoms with E-state index in [1.54, 1.807) is 0 Å². The highest BCUT2D eigenvalue weighted by Gasteiger charge is 2.20. The van der Waals surface area contributed by atoms with Gasteiger partial charge in [-0.15, -0.1) is 12.4 Å². The average molecular weight is 374 g/mol. The first-order valence-corrected chi connectivity index (χ1v) is 8.98. The minimum Gasteiger partial charge on any atom is -0.356 e. The molecule has 2 rings (SSSR count). The predicted octanol–water partition coefficient (Wildman–Crippen LogP) is 1.52. The van der Waals surface area contributed by atoms with Crippen molar-refractivity contribution in [1.29, 1.82) is 0 Å². The monoisotopic (exact) mass is 373 g/mol. The SMILES string of the molecule is CC(C)(C)c1noc(CCCC(=O)NCCCN2CCNCC2)n1.Cl. The standard InChI is InChI=1S/C17H31N5O2.ClH/c1-17(2,3)16-20-15(24-21-16)7-4-6-14(23)19-8-5-11-22-12-9-18-10-13-22;/h18H,4-13H2,1-3H3,(H,19,23);1H. The van der Waals surface area contributed by atoms with E-state index in [4.69, 9.17) is 4.52 Å². The number of piperazine rings is 1. The molecule has 2 heterocycles. The topological polar surface area (TPSA) is 83.3 Å². The molecule has 1 saturated heterocycles. The molecule has 144 valence electrons. The molecule has 2 N–H and O–H groups in total. The molecule has 0 spiro atoms. The first-order chi connectivity index (χ1) is 11.4. The second-order valence-electron chi connectivity index (χ2n) is 7.41. The molecule has 1 aromatic rings. The van der Waals surface area contributed by atoms with Crippen LogP contribution in [0.3, 0.4) is 0 Å². The van der Waals surface area contributed by atoms with Gasteiger partial charge in [0.25, 0.3) is 0 Å². The minimum absolute atomic E-state index is 0. The summed E-state index contributed by atoms with van der Waals surface area (Å²) in [6, 6.07) is 0. The highest BCUT2D eigenvalue weighted by Crippen LogP contribution is 2.18. The van der Waals surface area contributed by atoms with Crippen LogP contribution in [-0.4, -0.2) is 60.2 Å². The van der Waals surface area contributed by atoms with Gasteiger partial charge in [0.15, 0.2) is 5.82 Å². The van der Waals surface area contributed by atoms with E-state index in [-0.39, 0.29) is 23.7 Å². The maximum absolute atomic E-state index is 11.8. The molecule has 8 heteroatoms. The van der Waals surface area contributed by atoms with Crippen molar-refractivity contribution >= 4 is 18.3 Å². The number of nitrogens with zero attached hydrogens (tertiary/aromatic N) is 3. The van der Waals surface area contributed by atoms with Crippen LogP contribution in [0.2, 0.25) is 0 Å². The molecule has 1 aromatic heterocycles. The van der Waals surface area contributed by atoms with Gasteiger partial charge in [0.05, 0.1) is 0 Å². The summed E-state index contributed by atoms with van der Waals surface area (Å²) in [5.74, 6) is 1.44. The Kier molecular flexibility index (Phi) is 9.38. The number of carbonyl (C=O) groups excluding carboxylic acids is 1. The Morgan fingerprint density at radius 1 is 1.28 bits per heavy atom. The summed E-state index contributed by atoms with van der Waals surface area (Å²) >= 11 is 0. The third-order valence-corrected chi connectivity index (χ3v) is 4.12. The third-order valence-electron chi connectivity index (χ3n) is 4.12. The molecule has 1 aliphatic heterocycles. The maximum Gasteiger partial charge on any atom is 0.226 e. The third kappa shape index (κ3) is 8.16. The van der Waals surface area contributed by atoms with E-state index < -0.39 is 0 Å². The van der Waals surface area contributed by atoms with E-state index in [1.807, 2.05) is 0 Å². The number of hydrogen-bond acceptors (Lipinski definition) is 6. The molecule has 25 heavy (non-hydrogen) atoms. The largest absolute Gasteiger partial charge is 0.356 e. The van der Waals surface area contributed by atoms with E-state index in [9.17, 15) is 4.79 Å². The zero-order chi connectivity index (χ0) is 17.4. The normalized spacial score (nSPS) is 15.6. The number of halogens is 1. The molecule has 0 atom stereocenters. The van der Waals surface area contributed by atoms with Crippen molar-refractivity contribution in [2.45, 2.75) is 51.9 Å². The fraction of sp³-hybridized carbons (Fsp3) is 0.824. The summed E-state index contributed by atoms with van der Waals surface area (Å²) in [5, 5.41) is 10.3. The number of aromatic nitrogens is 2. The second kappa shape index (κ2) is 10.7. The van der Waals surface area contributed by atoms with Crippen molar-refractivity contribution in [1.82, 2.24) is 25.7 Å². The summed E-state index contributed by atoms with van der Waals surface area (Å²) < 4.78 is 5.24. The number of aryl methyl sites for hydroxylation is 1. The number of nitrogens with one attached hydrogen (secondary N) is 2. The molecule has 1 aliphatic rings. The summed E-state index contributed by atoms with van der Waals surface area (Å²) in [6.45, 7) is 12.3. The van der Waals surface area contributed by atoms with Crippen LogP contribution in [0.4, 0.5) is 0 Å². The first kappa shape index (κ1) is 21.9. The van der Waals surface area contributed by atoms with Crippen LogP contribution in [0.1, 0.15) is 51.7 Å². The Morgan fingerprint density at radius 3 is 2.64 bits per heavy atom. The lowest BCUT2D eigenvalue weighted by Crippen LogP contribution is -2.44. The number of hydrogen-bond donors (Lipinski definition) is 2. The molecule has 0 saturated carbocycles. The number of carbonyl (C=O) groups is 1. The highest BCUT2D eigenvalue weighted by atomic mass is 35.5. The Hall–Kier alpha value is -1.18. The van der Waals surface area contributed by atoms with Gasteiger partial charge in [-0.1, -0.05) is 25.9 Å². The van der Waals surface area contributed by atoms with Crippen molar-refractivity contribution in [2.75, 3.05) is 39.3 Å². The Morgan fingerprint density at radius 2 is 2.00 bits per heavy atom. The van der Waals surface area contributed by atoms with Gasteiger partial charge in [-0.25, -0.2) is 0 Å². The van der Waals surface area contributed by atoms with Gasteiger partial charge >= 0.3 is 0 Å². The Labute approximate surface area is 156 Å². The average Bonchev–Trinajstić information content (AvgIpc) is 3.02. The molecule has 0 bridgehead atoms. The molecular formula is C17H32ClN5O2. The molecular weight excluding hydrogens is 342 g/mol. The van der Waals surface area contributed by atoms with Crippen LogP contribution in [0.5, 0.6) is 0 Å². The quantitative estimate of drug-likeness (QED) is 0.672. The molecule has 0 radical (unpaired) electrons. The zero-order valence-corrected chi connectivity index (χ0v) is 16.5. The Bertz CT molecular complexity index is 509. The zero-order valence-electron chi connectivity index (χ0n) is 15.6. The van der Waals surface area contributed by atoms with Gasteiger partial charge < -0.3 is 20.1 Å². The van der Waals surface area contributed by atoms with Gasteiger partial charge in [-0.05, 0) is 19.4 Å². The highest BCUT2D eigenvalue weighted by molar-refractivity contribution is 5.85. The van der Waals surface area contributed by atoms with Crippen LogP contribution in [0, 0.1) is 0 Å². The van der Waals surface area contributed by atoms with Gasteiger partial charge in [-0.3, -0.25) is 4.79 Å². The maximum atomic E-state index is 11.8. The van der Waals surface area contributed by atoms with Crippen LogP contribution in [0.15, 0.2) is 4.52 Å². The van der Waals surface area contributed by atoms with Crippen molar-refractivity contribution in [3.05, 3.63) is 11.7 Å². The summed E-state index contributed by atoms with van der Waals surface area (Å²) in [5.41, 5.74) is -0.108. The lowest BCUT2D eigenvalue weighted by molar-refractivity contribution is -0.121. The smallest absolute Gasteiger partial charge is 0.226 e. The fourth-order valence-corrected chi connectivity index (χ4v) is 2.61. The van der Waals surface area contributed by atoms with Crippen molar-refractivity contribution in [3.8, 4) is 0 Å². The van der Waals surface area contributed by atoms with Gasteiger partial charge in [0, 0.05) is 51.0 Å². The summed E-state index contributed by atoms with van der Waals surface area (Å²) in [4.78, 5) is 18.7. The van der Waals surface area contributed by atoms with E-state index in [1.165, 1.54) is 0 Å². The number of amides is 1. The van der Waals surface area contributed by atoms with Crippen LogP contribution in [0.25, 0.3) is 0 Å². The van der Waals surface area contributed by atoms with Gasteiger partial charge in [0.2, 0.25) is 11.8 Å². The van der Waals surface area contributed by atoms with E-state index in [0.29, 0.717) is 18.7 Å². The van der Waals surface area contributed by atoms with Gasteiger partial charge in [0.1, 0.15) is 0 Å². The molecule has 1 fully saturated rings. The second-order valence-corrected chi connectivity index (χ2v) is 7.41.